The van der Waals surface area contributed by atoms with Crippen LogP contribution in [0, 0.1) is 6.92 Å². The van der Waals surface area contributed by atoms with E-state index >= 15 is 0 Å². The molecule has 0 amide bonds. The Morgan fingerprint density at radius 3 is 2.62 bits per heavy atom. The van der Waals surface area contributed by atoms with Crippen LogP contribution in [0.3, 0.4) is 0 Å². The molecule has 0 aromatic heterocycles. The molecule has 0 aliphatic rings. The smallest absolute Gasteiger partial charge is 0.173 e. The van der Waals surface area contributed by atoms with Crippen molar-refractivity contribution >= 4 is 46.2 Å². The first kappa shape index (κ1) is 16.1. The highest BCUT2D eigenvalue weighted by molar-refractivity contribution is 7.80. The van der Waals surface area contributed by atoms with Crippen LogP contribution in [0.15, 0.2) is 42.5 Å². The Bertz CT molecular complexity index is 658. The first-order valence-corrected chi connectivity index (χ1v) is 7.65. The summed E-state index contributed by atoms with van der Waals surface area (Å²) < 4.78 is 0. The summed E-state index contributed by atoms with van der Waals surface area (Å²) in [6.45, 7) is 2.65. The zero-order valence-electron chi connectivity index (χ0n) is 11.9. The molecule has 21 heavy (non-hydrogen) atoms. The molecule has 0 spiro atoms. The van der Waals surface area contributed by atoms with Crippen molar-refractivity contribution < 1.29 is 0 Å². The summed E-state index contributed by atoms with van der Waals surface area (Å²) >= 11 is 17.5. The van der Waals surface area contributed by atoms with Crippen molar-refractivity contribution in [2.45, 2.75) is 13.5 Å². The van der Waals surface area contributed by atoms with Gasteiger partial charge in [-0.2, -0.15) is 0 Å². The molecule has 0 aliphatic heterocycles. The number of nitrogens with one attached hydrogen (secondary N) is 1. The predicted molar refractivity (Wildman–Crippen MR) is 95.3 cm³/mol. The highest BCUT2D eigenvalue weighted by Gasteiger charge is 2.08. The molecule has 2 aromatic rings. The van der Waals surface area contributed by atoms with Crippen molar-refractivity contribution in [2.24, 2.45) is 0 Å². The summed E-state index contributed by atoms with van der Waals surface area (Å²) in [6.07, 6.45) is 0. The number of hydrogen-bond acceptors (Lipinski definition) is 1. The summed E-state index contributed by atoms with van der Waals surface area (Å²) in [4.78, 5) is 1.96. The van der Waals surface area contributed by atoms with Crippen LogP contribution in [0.5, 0.6) is 0 Å². The van der Waals surface area contributed by atoms with Crippen molar-refractivity contribution in [3.63, 3.8) is 0 Å². The van der Waals surface area contributed by atoms with E-state index in [-0.39, 0.29) is 0 Å². The first-order valence-electron chi connectivity index (χ1n) is 6.49. The summed E-state index contributed by atoms with van der Waals surface area (Å²) in [5.74, 6) is 0. The van der Waals surface area contributed by atoms with Crippen molar-refractivity contribution in [2.75, 3.05) is 12.4 Å². The van der Waals surface area contributed by atoms with Gasteiger partial charge in [0, 0.05) is 29.3 Å². The average molecular weight is 339 g/mol. The highest BCUT2D eigenvalue weighted by Crippen LogP contribution is 2.23. The minimum atomic E-state index is 0.639. The van der Waals surface area contributed by atoms with Gasteiger partial charge >= 0.3 is 0 Å². The Morgan fingerprint density at radius 1 is 1.19 bits per heavy atom. The lowest BCUT2D eigenvalue weighted by atomic mass is 10.2. The van der Waals surface area contributed by atoms with Gasteiger partial charge in [0.15, 0.2) is 5.11 Å². The molecule has 0 fully saturated rings. The number of halogens is 2. The van der Waals surface area contributed by atoms with Gasteiger partial charge in [-0.15, -0.1) is 0 Å². The number of anilines is 1. The number of thiocarbonyl (C=S) groups is 1. The van der Waals surface area contributed by atoms with Crippen molar-refractivity contribution in [3.05, 3.63) is 63.6 Å². The van der Waals surface area contributed by atoms with E-state index in [9.17, 15) is 0 Å². The lowest BCUT2D eigenvalue weighted by Gasteiger charge is -2.22. The Kier molecular flexibility index (Phi) is 5.45. The molecule has 110 valence electrons. The van der Waals surface area contributed by atoms with Gasteiger partial charge in [-0.3, -0.25) is 0 Å². The van der Waals surface area contributed by atoms with Gasteiger partial charge in [0.2, 0.25) is 0 Å². The molecule has 1 N–H and O–H groups in total. The van der Waals surface area contributed by atoms with E-state index < -0.39 is 0 Å². The van der Waals surface area contributed by atoms with E-state index in [1.165, 1.54) is 0 Å². The van der Waals surface area contributed by atoms with Crippen LogP contribution in [0.4, 0.5) is 5.69 Å². The molecular formula is C16H16Cl2N2S. The summed E-state index contributed by atoms with van der Waals surface area (Å²) in [5, 5.41) is 5.31. The van der Waals surface area contributed by atoms with Gasteiger partial charge in [0.25, 0.3) is 0 Å². The third-order valence-electron chi connectivity index (χ3n) is 3.16. The normalized spacial score (nSPS) is 10.3. The molecule has 2 rings (SSSR count). The minimum Gasteiger partial charge on any atom is -0.348 e. The molecule has 2 aromatic carbocycles. The third-order valence-corrected chi connectivity index (χ3v) is 4.22. The van der Waals surface area contributed by atoms with Crippen molar-refractivity contribution in [1.82, 2.24) is 4.90 Å². The maximum Gasteiger partial charge on any atom is 0.173 e. The molecule has 0 unspecified atom stereocenters. The second kappa shape index (κ2) is 7.12. The van der Waals surface area contributed by atoms with E-state index in [0.29, 0.717) is 11.7 Å². The maximum absolute atomic E-state index is 6.11. The molecule has 0 saturated carbocycles. The van der Waals surface area contributed by atoms with Crippen LogP contribution in [0.1, 0.15) is 11.1 Å². The lowest BCUT2D eigenvalue weighted by molar-refractivity contribution is 0.508. The van der Waals surface area contributed by atoms with Crippen molar-refractivity contribution in [1.29, 1.82) is 0 Å². The van der Waals surface area contributed by atoms with Gasteiger partial charge in [0.1, 0.15) is 0 Å². The SMILES string of the molecule is Cc1c(Cl)cccc1NC(=S)N(C)Cc1cccc(Cl)c1. The second-order valence-corrected chi connectivity index (χ2v) is 6.06. The monoisotopic (exact) mass is 338 g/mol. The Morgan fingerprint density at radius 2 is 1.90 bits per heavy atom. The molecule has 0 heterocycles. The summed E-state index contributed by atoms with van der Waals surface area (Å²) in [6, 6.07) is 13.5. The fourth-order valence-corrected chi connectivity index (χ4v) is 2.50. The standard InChI is InChI=1S/C16H16Cl2N2S/c1-11-14(18)7-4-8-15(11)19-16(21)20(2)10-12-5-3-6-13(17)9-12/h3-9H,10H2,1-2H3,(H,19,21). The van der Waals surface area contributed by atoms with E-state index in [0.717, 1.165) is 26.9 Å². The van der Waals surface area contributed by atoms with Crippen LogP contribution < -0.4 is 5.32 Å². The molecule has 5 heteroatoms. The molecule has 2 nitrogen and oxygen atoms in total. The molecule has 0 saturated heterocycles. The van der Waals surface area contributed by atoms with Gasteiger partial charge < -0.3 is 10.2 Å². The first-order chi connectivity index (χ1) is 9.97. The fraction of sp³-hybridized carbons (Fsp3) is 0.188. The topological polar surface area (TPSA) is 15.3 Å². The largest absolute Gasteiger partial charge is 0.348 e. The minimum absolute atomic E-state index is 0.639. The number of hydrogen-bond donors (Lipinski definition) is 1. The van der Waals surface area contributed by atoms with Gasteiger partial charge in [-0.25, -0.2) is 0 Å². The van der Waals surface area contributed by atoms with Crippen LogP contribution >= 0.6 is 35.4 Å². The van der Waals surface area contributed by atoms with Crippen LogP contribution in [0.25, 0.3) is 0 Å². The van der Waals surface area contributed by atoms with Crippen LogP contribution in [-0.2, 0) is 6.54 Å². The molecule has 0 bridgehead atoms. The van der Waals surface area contributed by atoms with Gasteiger partial charge in [-0.1, -0.05) is 41.4 Å². The fourth-order valence-electron chi connectivity index (χ4n) is 1.93. The quantitative estimate of drug-likeness (QED) is 0.781. The average Bonchev–Trinajstić information content (AvgIpc) is 2.44. The highest BCUT2D eigenvalue weighted by atomic mass is 35.5. The Hall–Kier alpha value is -1.29. The second-order valence-electron chi connectivity index (χ2n) is 4.83. The lowest BCUT2D eigenvalue weighted by Crippen LogP contribution is -2.30. The summed E-state index contributed by atoms with van der Waals surface area (Å²) in [5.41, 5.74) is 3.01. The van der Waals surface area contributed by atoms with E-state index in [4.69, 9.17) is 35.4 Å². The summed E-state index contributed by atoms with van der Waals surface area (Å²) in [7, 11) is 1.94. The third kappa shape index (κ3) is 4.34. The number of rotatable bonds is 3. The van der Waals surface area contributed by atoms with Gasteiger partial charge in [-0.05, 0) is 54.5 Å². The Balaban J connectivity index is 2.04. The Labute approximate surface area is 140 Å². The molecule has 0 radical (unpaired) electrons. The van der Waals surface area contributed by atoms with Crippen LogP contribution in [-0.4, -0.2) is 17.1 Å². The zero-order valence-corrected chi connectivity index (χ0v) is 14.2. The van der Waals surface area contributed by atoms with E-state index in [1.54, 1.807) is 0 Å². The van der Waals surface area contributed by atoms with E-state index in [2.05, 4.69) is 5.32 Å². The number of benzene rings is 2. The molecule has 0 aliphatic carbocycles. The predicted octanol–water partition coefficient (Wildman–Crippen LogP) is 5.13. The molecular weight excluding hydrogens is 323 g/mol. The molecule has 0 atom stereocenters. The van der Waals surface area contributed by atoms with Crippen LogP contribution in [0.2, 0.25) is 10.0 Å². The maximum atomic E-state index is 6.11. The van der Waals surface area contributed by atoms with Gasteiger partial charge in [0.05, 0.1) is 0 Å². The number of nitrogens with zero attached hydrogens (tertiary/aromatic N) is 1. The van der Waals surface area contributed by atoms with Crippen molar-refractivity contribution in [3.8, 4) is 0 Å². The zero-order chi connectivity index (χ0) is 15.4. The van der Waals surface area contributed by atoms with E-state index in [1.807, 2.05) is 61.3 Å².